The number of nitrogens with two attached hydrogens (primary N) is 1. The van der Waals surface area contributed by atoms with Crippen molar-refractivity contribution in [1.29, 1.82) is 5.26 Å². The van der Waals surface area contributed by atoms with Gasteiger partial charge in [0, 0.05) is 6.20 Å². The van der Waals surface area contributed by atoms with E-state index >= 15 is 0 Å². The van der Waals surface area contributed by atoms with E-state index in [4.69, 9.17) is 15.2 Å². The van der Waals surface area contributed by atoms with Crippen molar-refractivity contribution in [1.82, 2.24) is 9.55 Å². The Bertz CT molecular complexity index is 765. The lowest BCUT2D eigenvalue weighted by atomic mass is 9.97. The van der Waals surface area contributed by atoms with E-state index in [9.17, 15) is 25.1 Å². The van der Waals surface area contributed by atoms with Gasteiger partial charge in [0.05, 0.1) is 5.41 Å². The molecule has 0 aromatic carbocycles. The molecule has 25 heavy (non-hydrogen) atoms. The van der Waals surface area contributed by atoms with Crippen LogP contribution in [0, 0.1) is 16.7 Å². The minimum absolute atomic E-state index is 0.0713. The first-order valence-electron chi connectivity index (χ1n) is 7.51. The van der Waals surface area contributed by atoms with Gasteiger partial charge in [-0.2, -0.15) is 10.2 Å². The maximum atomic E-state index is 12.0. The summed E-state index contributed by atoms with van der Waals surface area (Å²) >= 11 is 0. The van der Waals surface area contributed by atoms with Crippen LogP contribution in [0.4, 0.5) is 5.82 Å². The second-order valence-electron chi connectivity index (χ2n) is 6.75. The third-order valence-electron chi connectivity index (χ3n) is 3.77. The number of aliphatic hydroxyl groups is 2. The minimum atomic E-state index is -2.21. The van der Waals surface area contributed by atoms with Gasteiger partial charge in [0.25, 0.3) is 5.72 Å². The Hall–Kier alpha value is -2.48. The molecule has 10 nitrogen and oxygen atoms in total. The highest BCUT2D eigenvalue weighted by Crippen LogP contribution is 2.34. The van der Waals surface area contributed by atoms with Gasteiger partial charge in [-0.25, -0.2) is 4.79 Å². The number of hydrogen-bond acceptors (Lipinski definition) is 9. The Kier molecular flexibility index (Phi) is 4.85. The first-order valence-corrected chi connectivity index (χ1v) is 7.51. The third kappa shape index (κ3) is 3.34. The van der Waals surface area contributed by atoms with Crippen LogP contribution in [0.2, 0.25) is 0 Å². The Morgan fingerprint density at radius 2 is 2.20 bits per heavy atom. The Morgan fingerprint density at radius 1 is 1.56 bits per heavy atom. The molecule has 0 bridgehead atoms. The Morgan fingerprint density at radius 3 is 2.72 bits per heavy atom. The number of esters is 1. The average molecular weight is 352 g/mol. The SMILES string of the molecule is CC(C)(C)C(=O)OC[C@H]1O[C@@](C#N)(n2ccc(N)nc2=O)[C@H](O)[C@@H]1O. The van der Waals surface area contributed by atoms with E-state index in [0.29, 0.717) is 0 Å². The summed E-state index contributed by atoms with van der Waals surface area (Å²) in [4.78, 5) is 27.3. The number of aromatic nitrogens is 2. The fraction of sp³-hybridized carbons (Fsp3) is 0.600. The number of nitriles is 1. The van der Waals surface area contributed by atoms with Crippen molar-refractivity contribution >= 4 is 11.8 Å². The number of carbonyl (C=O) groups excluding carboxylic acids is 1. The van der Waals surface area contributed by atoms with E-state index in [1.54, 1.807) is 26.8 Å². The Labute approximate surface area is 143 Å². The van der Waals surface area contributed by atoms with Gasteiger partial charge in [0.2, 0.25) is 0 Å². The van der Waals surface area contributed by atoms with Gasteiger partial charge in [-0.15, -0.1) is 0 Å². The molecule has 1 aromatic heterocycles. The zero-order valence-electron chi connectivity index (χ0n) is 14.0. The standard InChI is InChI=1S/C15H20N4O6/c1-14(2,3)12(22)24-6-8-10(20)11(21)15(7-16,25-8)19-5-4-9(17)18-13(19)23/h4-5,8,10-11,20-21H,6H2,1-3H3,(H2,17,18,23)/t8-,10-,11-,15-/m1/s1. The van der Waals surface area contributed by atoms with Crippen LogP contribution in [0.25, 0.3) is 0 Å². The lowest BCUT2D eigenvalue weighted by Crippen LogP contribution is -2.49. The molecule has 2 rings (SSSR count). The van der Waals surface area contributed by atoms with Gasteiger partial charge < -0.3 is 25.4 Å². The number of nitrogen functional groups attached to an aromatic ring is 1. The lowest BCUT2D eigenvalue weighted by molar-refractivity contribution is -0.162. The maximum absolute atomic E-state index is 12.0. The van der Waals surface area contributed by atoms with Gasteiger partial charge in [-0.3, -0.25) is 9.36 Å². The molecule has 4 atom stereocenters. The summed E-state index contributed by atoms with van der Waals surface area (Å²) in [5, 5.41) is 30.0. The summed E-state index contributed by atoms with van der Waals surface area (Å²) in [6.07, 6.45) is -3.39. The van der Waals surface area contributed by atoms with E-state index in [1.807, 2.05) is 0 Å². The summed E-state index contributed by atoms with van der Waals surface area (Å²) in [7, 11) is 0. The minimum Gasteiger partial charge on any atom is -0.462 e. The number of hydrogen-bond donors (Lipinski definition) is 3. The van der Waals surface area contributed by atoms with Gasteiger partial charge in [0.1, 0.15) is 36.8 Å². The lowest BCUT2D eigenvalue weighted by Gasteiger charge is -2.26. The molecule has 1 aliphatic rings. The molecule has 0 amide bonds. The van der Waals surface area contributed by atoms with Crippen molar-refractivity contribution in [3.8, 4) is 6.07 Å². The molecule has 0 unspecified atom stereocenters. The van der Waals surface area contributed by atoms with Crippen LogP contribution in [0.5, 0.6) is 0 Å². The zero-order valence-corrected chi connectivity index (χ0v) is 14.0. The molecule has 0 radical (unpaired) electrons. The van der Waals surface area contributed by atoms with Crippen LogP contribution in [-0.2, 0) is 20.0 Å². The molecule has 0 spiro atoms. The summed E-state index contributed by atoms with van der Waals surface area (Å²) in [6.45, 7) is 4.55. The van der Waals surface area contributed by atoms with E-state index in [-0.39, 0.29) is 5.82 Å². The van der Waals surface area contributed by atoms with Crippen molar-refractivity contribution in [2.24, 2.45) is 5.41 Å². The van der Waals surface area contributed by atoms with Crippen molar-refractivity contribution in [2.75, 3.05) is 12.3 Å². The first kappa shape index (κ1) is 18.9. The molecule has 10 heteroatoms. The number of rotatable bonds is 3. The average Bonchev–Trinajstić information content (AvgIpc) is 2.77. The zero-order chi connectivity index (χ0) is 19.0. The normalized spacial score (nSPS) is 29.2. The van der Waals surface area contributed by atoms with Crippen LogP contribution >= 0.6 is 0 Å². The molecular weight excluding hydrogens is 332 g/mol. The predicted octanol–water partition coefficient (Wildman–Crippen LogP) is -1.29. The summed E-state index contributed by atoms with van der Waals surface area (Å²) < 4.78 is 11.2. The molecule has 1 aliphatic heterocycles. The Balaban J connectivity index is 2.29. The molecule has 0 aliphatic carbocycles. The third-order valence-corrected chi connectivity index (χ3v) is 3.77. The fourth-order valence-electron chi connectivity index (χ4n) is 2.33. The highest BCUT2D eigenvalue weighted by molar-refractivity contribution is 5.75. The van der Waals surface area contributed by atoms with Crippen LogP contribution < -0.4 is 11.4 Å². The summed E-state index contributed by atoms with van der Waals surface area (Å²) in [5.74, 6) is -0.614. The second kappa shape index (κ2) is 6.44. The van der Waals surface area contributed by atoms with Crippen molar-refractivity contribution in [3.63, 3.8) is 0 Å². The number of ether oxygens (including phenoxy) is 2. The van der Waals surface area contributed by atoms with Gasteiger partial charge >= 0.3 is 11.7 Å². The fourth-order valence-corrected chi connectivity index (χ4v) is 2.33. The predicted molar refractivity (Wildman–Crippen MR) is 83.8 cm³/mol. The van der Waals surface area contributed by atoms with Gasteiger partial charge in [-0.05, 0) is 26.8 Å². The molecule has 2 heterocycles. The number of anilines is 1. The molecule has 1 saturated heterocycles. The highest BCUT2D eigenvalue weighted by atomic mass is 16.6. The van der Waals surface area contributed by atoms with E-state index < -0.39 is 47.7 Å². The molecule has 136 valence electrons. The topological polar surface area (TPSA) is 161 Å². The van der Waals surface area contributed by atoms with Gasteiger partial charge in [0.15, 0.2) is 0 Å². The van der Waals surface area contributed by atoms with Crippen molar-refractivity contribution < 1.29 is 24.5 Å². The molecule has 4 N–H and O–H groups in total. The summed E-state index contributed by atoms with van der Waals surface area (Å²) in [5.41, 5.74) is 1.49. The van der Waals surface area contributed by atoms with Crippen LogP contribution in [-0.4, -0.2) is 50.7 Å². The van der Waals surface area contributed by atoms with Crippen LogP contribution in [0.1, 0.15) is 20.8 Å². The molecule has 0 saturated carbocycles. The molecule has 1 fully saturated rings. The number of carbonyl (C=O) groups is 1. The smallest absolute Gasteiger partial charge is 0.352 e. The molecule has 1 aromatic rings. The van der Waals surface area contributed by atoms with Crippen LogP contribution in [0.15, 0.2) is 17.1 Å². The largest absolute Gasteiger partial charge is 0.462 e. The van der Waals surface area contributed by atoms with Crippen molar-refractivity contribution in [2.45, 2.75) is 44.8 Å². The second-order valence-corrected chi connectivity index (χ2v) is 6.75. The number of nitrogens with zero attached hydrogens (tertiary/aromatic N) is 3. The summed E-state index contributed by atoms with van der Waals surface area (Å²) in [6, 6.07) is 2.94. The van der Waals surface area contributed by atoms with Crippen LogP contribution in [0.3, 0.4) is 0 Å². The number of aliphatic hydroxyl groups excluding tert-OH is 2. The quantitative estimate of drug-likeness (QED) is 0.562. The maximum Gasteiger partial charge on any atom is 0.352 e. The molecular formula is C15H20N4O6. The van der Waals surface area contributed by atoms with E-state index in [2.05, 4.69) is 4.98 Å². The van der Waals surface area contributed by atoms with E-state index in [0.717, 1.165) is 10.8 Å². The van der Waals surface area contributed by atoms with Gasteiger partial charge in [-0.1, -0.05) is 0 Å². The monoisotopic (exact) mass is 352 g/mol. The highest BCUT2D eigenvalue weighted by Gasteiger charge is 2.57. The van der Waals surface area contributed by atoms with E-state index in [1.165, 1.54) is 6.07 Å². The first-order chi connectivity index (χ1) is 11.5. The van der Waals surface area contributed by atoms with Crippen molar-refractivity contribution in [3.05, 3.63) is 22.7 Å².